The van der Waals surface area contributed by atoms with E-state index in [1.54, 1.807) is 27.7 Å². The number of nitrogens with one attached hydrogen (secondary N) is 1. The monoisotopic (exact) mass is 272 g/mol. The normalized spacial score (nSPS) is 12.9. The molecule has 0 aliphatic rings. The van der Waals surface area contributed by atoms with Gasteiger partial charge in [0.1, 0.15) is 10.6 Å². The number of ether oxygens (including phenoxy) is 1. The fraction of sp³-hybridized carbons (Fsp3) is 0.545. The van der Waals surface area contributed by atoms with Crippen LogP contribution < -0.4 is 5.32 Å². The van der Waals surface area contributed by atoms with Crippen LogP contribution in [0.25, 0.3) is 0 Å². The number of rotatable bonds is 3. The molecule has 7 heteroatoms. The van der Waals surface area contributed by atoms with E-state index >= 15 is 0 Å². The molecule has 18 heavy (non-hydrogen) atoms. The molecule has 0 fully saturated rings. The Morgan fingerprint density at radius 2 is 2.11 bits per heavy atom. The Hall–Kier alpha value is -1.63. The van der Waals surface area contributed by atoms with Gasteiger partial charge in [0.2, 0.25) is 0 Å². The summed E-state index contributed by atoms with van der Waals surface area (Å²) in [5, 5.41) is 13.3. The molecule has 0 radical (unpaired) electrons. The number of hydrogen-bond donors (Lipinski definition) is 2. The van der Waals surface area contributed by atoms with E-state index in [9.17, 15) is 9.59 Å². The molecule has 2 N–H and O–H groups in total. The average Bonchev–Trinajstić information content (AvgIpc) is 2.62. The highest BCUT2D eigenvalue weighted by molar-refractivity contribution is 7.09. The highest BCUT2D eigenvalue weighted by atomic mass is 32.1. The molecule has 0 aromatic carbocycles. The molecule has 100 valence electrons. The van der Waals surface area contributed by atoms with Crippen LogP contribution in [-0.2, 0) is 4.74 Å². The van der Waals surface area contributed by atoms with E-state index in [2.05, 4.69) is 10.3 Å². The fourth-order valence-electron chi connectivity index (χ4n) is 1.13. The predicted molar refractivity (Wildman–Crippen MR) is 66.9 cm³/mol. The van der Waals surface area contributed by atoms with E-state index in [-0.39, 0.29) is 5.69 Å². The van der Waals surface area contributed by atoms with E-state index < -0.39 is 23.7 Å². The molecule has 1 aromatic heterocycles. The van der Waals surface area contributed by atoms with Crippen LogP contribution >= 0.6 is 11.3 Å². The van der Waals surface area contributed by atoms with Crippen LogP contribution in [0.2, 0.25) is 0 Å². The molecule has 1 heterocycles. The van der Waals surface area contributed by atoms with Gasteiger partial charge in [-0.1, -0.05) is 0 Å². The summed E-state index contributed by atoms with van der Waals surface area (Å²) in [5.74, 6) is -1.08. The fourth-order valence-corrected chi connectivity index (χ4v) is 1.93. The van der Waals surface area contributed by atoms with Crippen LogP contribution in [0.4, 0.5) is 4.79 Å². The third kappa shape index (κ3) is 4.33. The van der Waals surface area contributed by atoms with Crippen LogP contribution in [0, 0.1) is 0 Å². The van der Waals surface area contributed by atoms with Gasteiger partial charge in [0.25, 0.3) is 0 Å². The number of carboxylic acid groups (broad SMARTS) is 1. The quantitative estimate of drug-likeness (QED) is 0.882. The molecule has 0 saturated carbocycles. The Morgan fingerprint density at radius 3 is 2.56 bits per heavy atom. The summed E-state index contributed by atoms with van der Waals surface area (Å²) in [4.78, 5) is 26.1. The third-order valence-corrected chi connectivity index (χ3v) is 2.87. The first-order valence-electron chi connectivity index (χ1n) is 5.37. The molecule has 0 spiro atoms. The number of nitrogens with zero attached hydrogens (tertiary/aromatic N) is 1. The molecular weight excluding hydrogens is 256 g/mol. The number of carbonyl (C=O) groups excluding carboxylic acids is 1. The lowest BCUT2D eigenvalue weighted by Gasteiger charge is -2.21. The number of aromatic carboxylic acids is 1. The SMILES string of the molecule is CC(NC(=O)OC(C)(C)C)c1nc(C(=O)O)cs1. The van der Waals surface area contributed by atoms with Crippen molar-refractivity contribution in [2.45, 2.75) is 39.3 Å². The lowest BCUT2D eigenvalue weighted by Crippen LogP contribution is -2.34. The van der Waals surface area contributed by atoms with Gasteiger partial charge >= 0.3 is 12.1 Å². The first kappa shape index (κ1) is 14.4. The van der Waals surface area contributed by atoms with Gasteiger partial charge in [0.05, 0.1) is 6.04 Å². The van der Waals surface area contributed by atoms with Crippen LogP contribution in [-0.4, -0.2) is 27.8 Å². The van der Waals surface area contributed by atoms with Crippen LogP contribution in [0.1, 0.15) is 49.2 Å². The van der Waals surface area contributed by atoms with Crippen molar-refractivity contribution < 1.29 is 19.4 Å². The number of alkyl carbamates (subject to hydrolysis) is 1. The van der Waals surface area contributed by atoms with Crippen LogP contribution in [0.3, 0.4) is 0 Å². The second kappa shape index (κ2) is 5.34. The van der Waals surface area contributed by atoms with Gasteiger partial charge in [0, 0.05) is 5.38 Å². The van der Waals surface area contributed by atoms with E-state index in [1.165, 1.54) is 16.7 Å². The average molecular weight is 272 g/mol. The van der Waals surface area contributed by atoms with Crippen LogP contribution in [0.15, 0.2) is 5.38 Å². The summed E-state index contributed by atoms with van der Waals surface area (Å²) in [7, 11) is 0. The maximum absolute atomic E-state index is 11.5. The van der Waals surface area contributed by atoms with Gasteiger partial charge in [-0.25, -0.2) is 14.6 Å². The number of amides is 1. The molecule has 1 unspecified atom stereocenters. The number of aromatic nitrogens is 1. The number of carboxylic acids is 1. The van der Waals surface area contributed by atoms with Crippen molar-refractivity contribution in [3.8, 4) is 0 Å². The highest BCUT2D eigenvalue weighted by Gasteiger charge is 2.20. The minimum absolute atomic E-state index is 0.0205. The highest BCUT2D eigenvalue weighted by Crippen LogP contribution is 2.18. The van der Waals surface area contributed by atoms with Crippen molar-refractivity contribution in [2.75, 3.05) is 0 Å². The lowest BCUT2D eigenvalue weighted by molar-refractivity contribution is 0.0507. The molecule has 0 saturated heterocycles. The summed E-state index contributed by atoms with van der Waals surface area (Å²) in [6, 6.07) is -0.391. The van der Waals surface area contributed by atoms with Crippen molar-refractivity contribution in [1.82, 2.24) is 10.3 Å². The third-order valence-electron chi connectivity index (χ3n) is 1.84. The van der Waals surface area contributed by atoms with Crippen molar-refractivity contribution in [3.63, 3.8) is 0 Å². The molecule has 6 nitrogen and oxygen atoms in total. The number of hydrogen-bond acceptors (Lipinski definition) is 5. The van der Waals surface area contributed by atoms with Gasteiger partial charge in [0.15, 0.2) is 5.69 Å². The molecule has 1 atom stereocenters. The smallest absolute Gasteiger partial charge is 0.408 e. The molecule has 0 aliphatic heterocycles. The van der Waals surface area contributed by atoms with Gasteiger partial charge in [-0.05, 0) is 27.7 Å². The molecule has 1 aromatic rings. The summed E-state index contributed by atoms with van der Waals surface area (Å²) >= 11 is 1.18. The van der Waals surface area contributed by atoms with Crippen molar-refractivity contribution >= 4 is 23.4 Å². The Bertz CT molecular complexity index is 450. The Balaban J connectivity index is 2.62. The van der Waals surface area contributed by atoms with E-state index in [1.807, 2.05) is 0 Å². The van der Waals surface area contributed by atoms with E-state index in [0.717, 1.165) is 0 Å². The zero-order valence-corrected chi connectivity index (χ0v) is 11.5. The van der Waals surface area contributed by atoms with Gasteiger partial charge in [-0.15, -0.1) is 11.3 Å². The Morgan fingerprint density at radius 1 is 1.50 bits per heavy atom. The second-order valence-electron chi connectivity index (χ2n) is 4.74. The predicted octanol–water partition coefficient (Wildman–Crippen LogP) is 2.43. The molecular formula is C11H16N2O4S. The summed E-state index contributed by atoms with van der Waals surface area (Å²) < 4.78 is 5.09. The maximum Gasteiger partial charge on any atom is 0.408 e. The van der Waals surface area contributed by atoms with E-state index in [4.69, 9.17) is 9.84 Å². The Kier molecular flexibility index (Phi) is 4.28. The number of carbonyl (C=O) groups is 2. The minimum Gasteiger partial charge on any atom is -0.476 e. The molecule has 1 rings (SSSR count). The summed E-state index contributed by atoms with van der Waals surface area (Å²) in [6.45, 7) is 7.02. The van der Waals surface area contributed by atoms with Crippen molar-refractivity contribution in [3.05, 3.63) is 16.1 Å². The van der Waals surface area contributed by atoms with Crippen molar-refractivity contribution in [1.29, 1.82) is 0 Å². The van der Waals surface area contributed by atoms with Gasteiger partial charge in [-0.3, -0.25) is 0 Å². The molecule has 0 bridgehead atoms. The van der Waals surface area contributed by atoms with E-state index in [0.29, 0.717) is 5.01 Å². The first-order chi connectivity index (χ1) is 8.19. The zero-order chi connectivity index (χ0) is 13.9. The van der Waals surface area contributed by atoms with Gasteiger partial charge < -0.3 is 15.2 Å². The number of thiazole rings is 1. The Labute approximate surface area is 109 Å². The minimum atomic E-state index is -1.08. The summed E-state index contributed by atoms with van der Waals surface area (Å²) in [5.41, 5.74) is -0.591. The summed E-state index contributed by atoms with van der Waals surface area (Å²) in [6.07, 6.45) is -0.554. The first-order valence-corrected chi connectivity index (χ1v) is 6.25. The standard InChI is InChI=1S/C11H16N2O4S/c1-6(12-10(16)17-11(2,3)4)8-13-7(5-18-8)9(14)15/h5-6H,1-4H3,(H,12,16)(H,14,15). The second-order valence-corrected chi connectivity index (χ2v) is 5.63. The van der Waals surface area contributed by atoms with Gasteiger partial charge in [-0.2, -0.15) is 0 Å². The molecule has 0 aliphatic carbocycles. The van der Waals surface area contributed by atoms with Crippen molar-refractivity contribution in [2.24, 2.45) is 0 Å². The zero-order valence-electron chi connectivity index (χ0n) is 10.7. The molecule has 1 amide bonds. The maximum atomic E-state index is 11.5. The topological polar surface area (TPSA) is 88.5 Å². The largest absolute Gasteiger partial charge is 0.476 e. The van der Waals surface area contributed by atoms with Crippen LogP contribution in [0.5, 0.6) is 0 Å². The lowest BCUT2D eigenvalue weighted by atomic mass is 10.2.